The van der Waals surface area contributed by atoms with Gasteiger partial charge in [0.1, 0.15) is 5.82 Å². The van der Waals surface area contributed by atoms with Crippen molar-refractivity contribution in [2.45, 2.75) is 18.8 Å². The number of hydrogen-bond acceptors (Lipinski definition) is 4. The molecule has 0 bridgehead atoms. The van der Waals surface area contributed by atoms with Crippen LogP contribution in [0, 0.1) is 12.7 Å². The first kappa shape index (κ1) is 14.1. The number of aliphatic hydroxyl groups excluding tert-OH is 2. The molecular formula is C14H16FNO2S. The van der Waals surface area contributed by atoms with Crippen LogP contribution in [-0.2, 0) is 11.8 Å². The number of hydrogen-bond donors (Lipinski definition) is 2. The molecule has 0 atom stereocenters. The summed E-state index contributed by atoms with van der Waals surface area (Å²) in [6.45, 7) is 1.22. The van der Waals surface area contributed by atoms with E-state index in [1.54, 1.807) is 18.2 Å². The first-order valence-electron chi connectivity index (χ1n) is 5.99. The molecule has 0 radical (unpaired) electrons. The van der Waals surface area contributed by atoms with Gasteiger partial charge in [-0.05, 0) is 18.6 Å². The molecule has 1 aromatic carbocycles. The third kappa shape index (κ3) is 2.83. The Morgan fingerprint density at radius 2 is 1.95 bits per heavy atom. The van der Waals surface area contributed by atoms with Crippen LogP contribution < -0.4 is 0 Å². The molecule has 2 rings (SSSR count). The van der Waals surface area contributed by atoms with Crippen LogP contribution in [0.2, 0.25) is 0 Å². The smallest absolute Gasteiger partial charge is 0.127 e. The molecule has 1 aromatic heterocycles. The van der Waals surface area contributed by atoms with Gasteiger partial charge in [0, 0.05) is 17.2 Å². The van der Waals surface area contributed by atoms with E-state index in [4.69, 9.17) is 0 Å². The fourth-order valence-electron chi connectivity index (χ4n) is 2.15. The molecule has 0 aliphatic rings. The van der Waals surface area contributed by atoms with E-state index in [1.165, 1.54) is 17.4 Å². The van der Waals surface area contributed by atoms with E-state index in [-0.39, 0.29) is 13.2 Å². The second kappa shape index (κ2) is 5.77. The van der Waals surface area contributed by atoms with Crippen LogP contribution in [0.4, 0.5) is 4.39 Å². The van der Waals surface area contributed by atoms with Crippen molar-refractivity contribution in [2.24, 2.45) is 0 Å². The summed E-state index contributed by atoms with van der Waals surface area (Å²) in [7, 11) is 0. The summed E-state index contributed by atoms with van der Waals surface area (Å²) in [4.78, 5) is 4.32. The highest BCUT2D eigenvalue weighted by Crippen LogP contribution is 2.30. The largest absolute Gasteiger partial charge is 0.395 e. The number of thiazole rings is 1. The highest BCUT2D eigenvalue weighted by atomic mass is 32.1. The summed E-state index contributed by atoms with van der Waals surface area (Å²) in [6, 6.07) is 6.22. The van der Waals surface area contributed by atoms with Crippen molar-refractivity contribution in [3.63, 3.8) is 0 Å². The van der Waals surface area contributed by atoms with Crippen LogP contribution in [0.15, 0.2) is 29.6 Å². The Morgan fingerprint density at radius 3 is 2.47 bits per heavy atom. The summed E-state index contributed by atoms with van der Waals surface area (Å²) in [5, 5.41) is 22.1. The van der Waals surface area contributed by atoms with Gasteiger partial charge in [-0.25, -0.2) is 9.37 Å². The maximum atomic E-state index is 13.9. The second-order valence-corrected chi connectivity index (χ2v) is 5.67. The average molecular weight is 281 g/mol. The SMILES string of the molecule is Cc1nc(CC(CO)(CO)c2ccccc2F)cs1. The number of benzene rings is 1. The van der Waals surface area contributed by atoms with Crippen molar-refractivity contribution in [1.82, 2.24) is 4.98 Å². The van der Waals surface area contributed by atoms with Crippen LogP contribution in [0.1, 0.15) is 16.3 Å². The molecule has 1 heterocycles. The van der Waals surface area contributed by atoms with Gasteiger partial charge in [-0.1, -0.05) is 18.2 Å². The van der Waals surface area contributed by atoms with E-state index in [2.05, 4.69) is 4.98 Å². The molecule has 0 spiro atoms. The van der Waals surface area contributed by atoms with Crippen LogP contribution in [0.3, 0.4) is 0 Å². The lowest BCUT2D eigenvalue weighted by atomic mass is 9.78. The summed E-state index contributed by atoms with van der Waals surface area (Å²) in [5.41, 5.74) is 0.0470. The molecule has 2 N–H and O–H groups in total. The lowest BCUT2D eigenvalue weighted by molar-refractivity contribution is 0.112. The van der Waals surface area contributed by atoms with Gasteiger partial charge in [0.05, 0.1) is 23.9 Å². The van der Waals surface area contributed by atoms with E-state index >= 15 is 0 Å². The van der Waals surface area contributed by atoms with Gasteiger partial charge in [-0.15, -0.1) is 11.3 Å². The van der Waals surface area contributed by atoms with Gasteiger partial charge >= 0.3 is 0 Å². The van der Waals surface area contributed by atoms with Crippen molar-refractivity contribution < 1.29 is 14.6 Å². The minimum atomic E-state index is -1.04. The molecule has 0 aliphatic heterocycles. The Morgan fingerprint density at radius 1 is 1.26 bits per heavy atom. The normalized spacial score (nSPS) is 11.8. The quantitative estimate of drug-likeness (QED) is 0.882. The molecule has 0 fully saturated rings. The van der Waals surface area contributed by atoms with Crippen molar-refractivity contribution >= 4 is 11.3 Å². The van der Waals surface area contributed by atoms with Gasteiger partial charge in [-0.2, -0.15) is 0 Å². The first-order chi connectivity index (χ1) is 9.11. The van der Waals surface area contributed by atoms with Crippen LogP contribution in [0.5, 0.6) is 0 Å². The van der Waals surface area contributed by atoms with Crippen molar-refractivity contribution in [1.29, 1.82) is 0 Å². The lowest BCUT2D eigenvalue weighted by Gasteiger charge is -2.30. The van der Waals surface area contributed by atoms with E-state index in [0.717, 1.165) is 10.7 Å². The summed E-state index contributed by atoms with van der Waals surface area (Å²) in [6.07, 6.45) is 0.311. The summed E-state index contributed by atoms with van der Waals surface area (Å²) >= 11 is 1.50. The second-order valence-electron chi connectivity index (χ2n) is 4.61. The molecule has 102 valence electrons. The molecule has 0 aliphatic carbocycles. The van der Waals surface area contributed by atoms with E-state index in [0.29, 0.717) is 12.0 Å². The van der Waals surface area contributed by atoms with Gasteiger partial charge < -0.3 is 10.2 Å². The van der Waals surface area contributed by atoms with E-state index in [9.17, 15) is 14.6 Å². The highest BCUT2D eigenvalue weighted by Gasteiger charge is 2.34. The number of aryl methyl sites for hydroxylation is 1. The number of nitrogens with zero attached hydrogens (tertiary/aromatic N) is 1. The zero-order valence-electron chi connectivity index (χ0n) is 10.6. The van der Waals surface area contributed by atoms with Crippen molar-refractivity contribution in [3.8, 4) is 0 Å². The number of aliphatic hydroxyl groups is 2. The molecule has 3 nitrogen and oxygen atoms in total. The van der Waals surface area contributed by atoms with Gasteiger partial charge in [0.15, 0.2) is 0 Å². The molecule has 0 amide bonds. The van der Waals surface area contributed by atoms with Crippen LogP contribution >= 0.6 is 11.3 Å². The topological polar surface area (TPSA) is 53.4 Å². The van der Waals surface area contributed by atoms with Gasteiger partial charge in [0.2, 0.25) is 0 Å². The van der Waals surface area contributed by atoms with Gasteiger partial charge in [0.25, 0.3) is 0 Å². The highest BCUT2D eigenvalue weighted by molar-refractivity contribution is 7.09. The minimum absolute atomic E-state index is 0.311. The number of aromatic nitrogens is 1. The predicted molar refractivity (Wildman–Crippen MR) is 72.8 cm³/mol. The average Bonchev–Trinajstić information content (AvgIpc) is 2.82. The Kier molecular flexibility index (Phi) is 4.29. The minimum Gasteiger partial charge on any atom is -0.395 e. The molecule has 0 saturated carbocycles. The lowest BCUT2D eigenvalue weighted by Crippen LogP contribution is -2.38. The fraction of sp³-hybridized carbons (Fsp3) is 0.357. The van der Waals surface area contributed by atoms with Crippen LogP contribution in [-0.4, -0.2) is 28.4 Å². The third-order valence-electron chi connectivity index (χ3n) is 3.24. The Labute approximate surface area is 115 Å². The Balaban J connectivity index is 2.40. The van der Waals surface area contributed by atoms with E-state index < -0.39 is 11.2 Å². The van der Waals surface area contributed by atoms with Crippen molar-refractivity contribution in [3.05, 3.63) is 51.7 Å². The number of halogens is 1. The standard InChI is InChI=1S/C14H16FNO2S/c1-10-16-11(7-19-10)6-14(8-17,9-18)12-4-2-3-5-13(12)15/h2-5,7,17-18H,6,8-9H2,1H3. The summed E-state index contributed by atoms with van der Waals surface area (Å²) in [5.74, 6) is -0.419. The monoisotopic (exact) mass is 281 g/mol. The Bertz CT molecular complexity index is 552. The zero-order chi connectivity index (χ0) is 13.9. The maximum absolute atomic E-state index is 13.9. The summed E-state index contributed by atoms with van der Waals surface area (Å²) < 4.78 is 13.9. The van der Waals surface area contributed by atoms with Gasteiger partial charge in [-0.3, -0.25) is 0 Å². The first-order valence-corrected chi connectivity index (χ1v) is 6.87. The fourth-order valence-corrected chi connectivity index (χ4v) is 2.77. The predicted octanol–water partition coefficient (Wildman–Crippen LogP) is 2.06. The Hall–Kier alpha value is -1.30. The molecule has 2 aromatic rings. The maximum Gasteiger partial charge on any atom is 0.127 e. The van der Waals surface area contributed by atoms with Crippen LogP contribution in [0.25, 0.3) is 0 Å². The third-order valence-corrected chi connectivity index (χ3v) is 4.06. The molecular weight excluding hydrogens is 265 g/mol. The van der Waals surface area contributed by atoms with Crippen molar-refractivity contribution in [2.75, 3.05) is 13.2 Å². The molecule has 0 unspecified atom stereocenters. The number of rotatable bonds is 5. The molecule has 19 heavy (non-hydrogen) atoms. The molecule has 5 heteroatoms. The zero-order valence-corrected chi connectivity index (χ0v) is 11.5. The van der Waals surface area contributed by atoms with E-state index in [1.807, 2.05) is 12.3 Å². The molecule has 0 saturated heterocycles.